The molecule has 1 aliphatic rings. The van der Waals surface area contributed by atoms with Gasteiger partial charge >= 0.3 is 27.6 Å². The summed E-state index contributed by atoms with van der Waals surface area (Å²) in [6, 6.07) is 0. The number of aliphatic hydroxyl groups excluding tert-OH is 5. The number of hydrogen-bond acceptors (Lipinski definition) is 14. The van der Waals surface area contributed by atoms with Gasteiger partial charge in [0, 0.05) is 12.8 Å². The van der Waals surface area contributed by atoms with Gasteiger partial charge in [-0.05, 0) is 70.6 Å². The molecule has 1 fully saturated rings. The number of unbranched alkanes of at least 4 members (excludes halogenated alkanes) is 12. The summed E-state index contributed by atoms with van der Waals surface area (Å²) in [5.74, 6) is -1.30. The van der Waals surface area contributed by atoms with E-state index in [0.29, 0.717) is 32.1 Å². The fraction of sp³-hybridized carbons (Fsp3) is 0.702. The van der Waals surface area contributed by atoms with Crippen molar-refractivity contribution in [3.05, 3.63) is 72.9 Å². The summed E-state index contributed by atoms with van der Waals surface area (Å²) < 4.78 is 49.3. The van der Waals surface area contributed by atoms with Gasteiger partial charge in [0.1, 0.15) is 43.2 Å². The molecule has 0 aromatic rings. The van der Waals surface area contributed by atoms with Gasteiger partial charge in [0.15, 0.2) is 6.10 Å². The summed E-state index contributed by atoms with van der Waals surface area (Å²) in [6.45, 7) is 2.70. The van der Waals surface area contributed by atoms with Gasteiger partial charge in [-0.25, -0.2) is 9.13 Å². The molecule has 19 heteroatoms. The average Bonchev–Trinajstić information content (AvgIpc) is 3.27. The van der Waals surface area contributed by atoms with Crippen molar-refractivity contribution in [1.82, 2.24) is 0 Å². The Kier molecular flexibility index (Phi) is 34.7. The van der Waals surface area contributed by atoms with Crippen LogP contribution in [0.1, 0.15) is 149 Å². The van der Waals surface area contributed by atoms with Crippen molar-refractivity contribution < 1.29 is 82.0 Å². The molecule has 66 heavy (non-hydrogen) atoms. The molecule has 0 aliphatic heterocycles. The molecule has 0 amide bonds. The first-order valence-electron chi connectivity index (χ1n) is 23.6. The Balaban J connectivity index is 2.64. The first-order valence-corrected chi connectivity index (χ1v) is 26.6. The molecule has 5 unspecified atom stereocenters. The Labute approximate surface area is 392 Å². The molecule has 8 N–H and O–H groups in total. The van der Waals surface area contributed by atoms with Crippen molar-refractivity contribution in [2.75, 3.05) is 13.2 Å². The molecule has 0 radical (unpaired) electrons. The maximum Gasteiger partial charge on any atom is 0.472 e. The van der Waals surface area contributed by atoms with E-state index >= 15 is 0 Å². The largest absolute Gasteiger partial charge is 0.472 e. The fourth-order valence-corrected chi connectivity index (χ4v) is 8.13. The van der Waals surface area contributed by atoms with Crippen molar-refractivity contribution in [3.8, 4) is 0 Å². The van der Waals surface area contributed by atoms with Crippen molar-refractivity contribution in [2.45, 2.75) is 198 Å². The Hall–Kier alpha value is -2.60. The molecule has 17 nitrogen and oxygen atoms in total. The highest BCUT2D eigenvalue weighted by atomic mass is 31.2. The molecule has 0 heterocycles. The van der Waals surface area contributed by atoms with Crippen LogP contribution in [0.2, 0.25) is 0 Å². The maximum absolute atomic E-state index is 13.0. The highest BCUT2D eigenvalue weighted by Gasteiger charge is 2.54. The topological polar surface area (TPSA) is 276 Å². The number of esters is 2. The van der Waals surface area contributed by atoms with Crippen molar-refractivity contribution in [1.29, 1.82) is 0 Å². The number of carbonyl (C=O) groups excluding carboxylic acids is 2. The fourth-order valence-electron chi connectivity index (χ4n) is 6.59. The Morgan fingerprint density at radius 2 is 1.06 bits per heavy atom. The Morgan fingerprint density at radius 1 is 0.561 bits per heavy atom. The third-order valence-electron chi connectivity index (χ3n) is 10.4. The van der Waals surface area contributed by atoms with Gasteiger partial charge in [-0.15, -0.1) is 0 Å². The lowest BCUT2D eigenvalue weighted by molar-refractivity contribution is -0.216. The van der Waals surface area contributed by atoms with E-state index in [-0.39, 0.29) is 12.8 Å². The van der Waals surface area contributed by atoms with Gasteiger partial charge in [0.05, 0.1) is 12.7 Å². The highest BCUT2D eigenvalue weighted by molar-refractivity contribution is 7.47. The second kappa shape index (κ2) is 37.3. The van der Waals surface area contributed by atoms with E-state index in [1.165, 1.54) is 25.7 Å². The van der Waals surface area contributed by atoms with Crippen LogP contribution >= 0.6 is 15.6 Å². The predicted octanol–water partition coefficient (Wildman–Crippen LogP) is 7.81. The molecular weight excluding hydrogens is 898 g/mol. The second-order valence-electron chi connectivity index (χ2n) is 16.3. The number of allylic oxidation sites excluding steroid dienone is 11. The van der Waals surface area contributed by atoms with Gasteiger partial charge < -0.3 is 49.7 Å². The molecule has 380 valence electrons. The lowest BCUT2D eigenvalue weighted by Crippen LogP contribution is -2.64. The van der Waals surface area contributed by atoms with Crippen LogP contribution in [0, 0.1) is 0 Å². The van der Waals surface area contributed by atoms with E-state index in [9.17, 15) is 58.9 Å². The number of ether oxygens (including phenoxy) is 2. The van der Waals surface area contributed by atoms with E-state index in [1.54, 1.807) is 6.08 Å². The van der Waals surface area contributed by atoms with E-state index in [1.807, 2.05) is 49.5 Å². The standard InChI is InChI=1S/C47H80O17P2/c1-3-5-6-7-8-9-10-11-12-17-20-23-26-29-32-35-41(50)62-39(37-61-66(58,59)64-47-44(53)42(51)43(52)46(45(47)54)63-65(55,56)57)36-60-40(49)34-31-28-25-22-19-16-14-13-15-18-21-24-27-30-33-38(48)4-2/h9-10,14-16,18,22,24-25,27,30,33,38-39,42-48,51-54H,3-8,11-13,17,19-21,23,26,28-29,31-32,34-37H2,1-2H3,(H,58,59)(H2,55,56,57)/b10-9-,16-14-,18-15-,25-22-,27-24-,33-30+/t38-,39+,42?,43?,44?,45?,46+,47-/m0/s1. The molecule has 0 aromatic carbocycles. The molecule has 0 saturated heterocycles. The van der Waals surface area contributed by atoms with Crippen LogP contribution in [-0.4, -0.2) is 114 Å². The van der Waals surface area contributed by atoms with Crippen LogP contribution in [0.5, 0.6) is 0 Å². The minimum Gasteiger partial charge on any atom is -0.462 e. The van der Waals surface area contributed by atoms with Crippen LogP contribution in [0.4, 0.5) is 0 Å². The summed E-state index contributed by atoms with van der Waals surface area (Å²) in [7, 11) is -10.7. The van der Waals surface area contributed by atoms with Crippen LogP contribution in [0.25, 0.3) is 0 Å². The first-order chi connectivity index (χ1) is 31.5. The average molecular weight is 979 g/mol. The number of phosphoric acid groups is 2. The highest BCUT2D eigenvalue weighted by Crippen LogP contribution is 2.49. The predicted molar refractivity (Wildman–Crippen MR) is 252 cm³/mol. The molecule has 0 aromatic heterocycles. The van der Waals surface area contributed by atoms with Gasteiger partial charge in [-0.2, -0.15) is 0 Å². The zero-order valence-electron chi connectivity index (χ0n) is 39.0. The third kappa shape index (κ3) is 31.4. The van der Waals surface area contributed by atoms with Crippen molar-refractivity contribution >= 4 is 27.6 Å². The van der Waals surface area contributed by atoms with Crippen molar-refractivity contribution in [2.24, 2.45) is 0 Å². The number of rotatable bonds is 38. The minimum atomic E-state index is -5.38. The zero-order valence-corrected chi connectivity index (χ0v) is 40.7. The van der Waals surface area contributed by atoms with E-state index < -0.39 is 89.6 Å². The molecule has 9 atom stereocenters. The van der Waals surface area contributed by atoms with E-state index in [4.69, 9.17) is 18.5 Å². The number of phosphoric ester groups is 2. The number of aliphatic hydroxyl groups is 5. The van der Waals surface area contributed by atoms with Gasteiger partial charge in [-0.1, -0.05) is 138 Å². The van der Waals surface area contributed by atoms with Crippen LogP contribution in [0.3, 0.4) is 0 Å². The molecule has 1 aliphatic carbocycles. The SMILES string of the molecule is CCCCCC/C=C\CCCCCCCCCC(=O)O[C@H](COC(=O)CCC/C=C\C/C=C\C/C=C\C/C=C\C=C\[C@@H](O)CC)COP(=O)(O)O[C@H]1C(O)C(O)C(O)[C@@H](OP(=O)(O)O)C1O. The zero-order chi connectivity index (χ0) is 49.1. The smallest absolute Gasteiger partial charge is 0.462 e. The monoisotopic (exact) mass is 978 g/mol. The van der Waals surface area contributed by atoms with Crippen LogP contribution in [0.15, 0.2) is 72.9 Å². The molecule has 0 spiro atoms. The maximum atomic E-state index is 13.0. The van der Waals surface area contributed by atoms with Crippen LogP contribution in [-0.2, 0) is 41.8 Å². The Morgan fingerprint density at radius 3 is 1.65 bits per heavy atom. The molecule has 0 bridgehead atoms. The van der Waals surface area contributed by atoms with Gasteiger partial charge in [0.2, 0.25) is 0 Å². The number of carbonyl (C=O) groups is 2. The van der Waals surface area contributed by atoms with Gasteiger partial charge in [0.25, 0.3) is 0 Å². The summed E-state index contributed by atoms with van der Waals surface area (Å²) >= 11 is 0. The lowest BCUT2D eigenvalue weighted by atomic mass is 9.85. The molecular formula is C47H80O17P2. The summed E-state index contributed by atoms with van der Waals surface area (Å²) in [6.07, 6.45) is 26.7. The van der Waals surface area contributed by atoms with E-state index in [0.717, 1.165) is 64.2 Å². The Bertz CT molecular complexity index is 1570. The summed E-state index contributed by atoms with van der Waals surface area (Å²) in [5.41, 5.74) is 0. The summed E-state index contributed by atoms with van der Waals surface area (Å²) in [4.78, 5) is 54.2. The van der Waals surface area contributed by atoms with E-state index in [2.05, 4.69) is 35.8 Å². The number of hydrogen-bond donors (Lipinski definition) is 8. The molecule has 1 saturated carbocycles. The first kappa shape index (κ1) is 61.4. The van der Waals surface area contributed by atoms with Crippen molar-refractivity contribution in [3.63, 3.8) is 0 Å². The normalized spacial score (nSPS) is 22.6. The van der Waals surface area contributed by atoms with Crippen LogP contribution < -0.4 is 0 Å². The lowest BCUT2D eigenvalue weighted by Gasteiger charge is -2.43. The third-order valence-corrected chi connectivity index (χ3v) is 11.9. The second-order valence-corrected chi connectivity index (χ2v) is 18.9. The molecule has 1 rings (SSSR count). The quantitative estimate of drug-likeness (QED) is 0.00963. The summed E-state index contributed by atoms with van der Waals surface area (Å²) in [5, 5.41) is 50.7. The van der Waals surface area contributed by atoms with Gasteiger partial charge in [-0.3, -0.25) is 23.2 Å². The minimum absolute atomic E-state index is 0.0164.